The van der Waals surface area contributed by atoms with Crippen LogP contribution >= 0.6 is 0 Å². The summed E-state index contributed by atoms with van der Waals surface area (Å²) in [6.07, 6.45) is -3.76. The summed E-state index contributed by atoms with van der Waals surface area (Å²) in [6, 6.07) is 4.69. The second-order valence-electron chi connectivity index (χ2n) is 5.11. The molecule has 0 unspecified atom stereocenters. The largest absolute Gasteiger partial charge is 0.493 e. The summed E-state index contributed by atoms with van der Waals surface area (Å²) in [6.45, 7) is 4.11. The zero-order valence-electron chi connectivity index (χ0n) is 11.8. The van der Waals surface area contributed by atoms with E-state index in [0.29, 0.717) is 30.8 Å². The van der Waals surface area contributed by atoms with Gasteiger partial charge in [-0.15, -0.1) is 0 Å². The lowest BCUT2D eigenvalue weighted by Gasteiger charge is -2.10. The van der Waals surface area contributed by atoms with Gasteiger partial charge in [-0.05, 0) is 36.8 Å². The Balaban J connectivity index is 2.27. The van der Waals surface area contributed by atoms with Gasteiger partial charge >= 0.3 is 6.18 Å². The topological polar surface area (TPSA) is 9.23 Å². The molecule has 114 valence electrons. The van der Waals surface area contributed by atoms with Gasteiger partial charge in [0.25, 0.3) is 0 Å². The molecule has 1 aromatic rings. The van der Waals surface area contributed by atoms with E-state index < -0.39 is 12.6 Å². The van der Waals surface area contributed by atoms with Crippen LogP contribution in [0.25, 0.3) is 0 Å². The van der Waals surface area contributed by atoms with Crippen LogP contribution < -0.4 is 4.74 Å². The first-order valence-corrected chi connectivity index (χ1v) is 6.78. The standard InChI is InChI=1S/C15H20F4O/c1-11(2)13-7-6-12(10-14(13)16)20-9-5-3-4-8-15(17,18)19/h6-7,10-11H,3-5,8-9H2,1-2H3. The maximum Gasteiger partial charge on any atom is 0.389 e. The van der Waals surface area contributed by atoms with Gasteiger partial charge in [0.05, 0.1) is 6.61 Å². The van der Waals surface area contributed by atoms with E-state index in [1.54, 1.807) is 12.1 Å². The zero-order chi connectivity index (χ0) is 15.2. The average molecular weight is 292 g/mol. The third-order valence-electron chi connectivity index (χ3n) is 2.97. The molecule has 1 rings (SSSR count). The van der Waals surface area contributed by atoms with Crippen molar-refractivity contribution in [1.29, 1.82) is 0 Å². The van der Waals surface area contributed by atoms with E-state index in [2.05, 4.69) is 0 Å². The van der Waals surface area contributed by atoms with Crippen molar-refractivity contribution in [3.63, 3.8) is 0 Å². The molecule has 0 aromatic heterocycles. The molecule has 0 aliphatic heterocycles. The van der Waals surface area contributed by atoms with Crippen LogP contribution in [0.5, 0.6) is 5.75 Å². The molecule has 5 heteroatoms. The lowest BCUT2D eigenvalue weighted by molar-refractivity contribution is -0.135. The fourth-order valence-electron chi connectivity index (χ4n) is 1.86. The minimum absolute atomic E-state index is 0.103. The van der Waals surface area contributed by atoms with E-state index in [4.69, 9.17) is 4.74 Å². The van der Waals surface area contributed by atoms with Gasteiger partial charge in [0.15, 0.2) is 0 Å². The molecule has 0 atom stereocenters. The van der Waals surface area contributed by atoms with E-state index >= 15 is 0 Å². The normalized spacial score (nSPS) is 11.9. The van der Waals surface area contributed by atoms with Crippen LogP contribution in [0.15, 0.2) is 18.2 Å². The predicted molar refractivity (Wildman–Crippen MR) is 70.5 cm³/mol. The van der Waals surface area contributed by atoms with Crippen molar-refractivity contribution >= 4 is 0 Å². The summed E-state index contributed by atoms with van der Waals surface area (Å²) in [5, 5.41) is 0. The second-order valence-corrected chi connectivity index (χ2v) is 5.11. The van der Waals surface area contributed by atoms with Crippen molar-refractivity contribution in [3.8, 4) is 5.75 Å². The summed E-state index contributed by atoms with van der Waals surface area (Å²) < 4.78 is 54.7. The highest BCUT2D eigenvalue weighted by Gasteiger charge is 2.25. The van der Waals surface area contributed by atoms with Crippen LogP contribution in [-0.2, 0) is 0 Å². The smallest absolute Gasteiger partial charge is 0.389 e. The van der Waals surface area contributed by atoms with Crippen LogP contribution in [0.3, 0.4) is 0 Å². The number of hydrogen-bond donors (Lipinski definition) is 0. The fourth-order valence-corrected chi connectivity index (χ4v) is 1.86. The monoisotopic (exact) mass is 292 g/mol. The summed E-state index contributed by atoms with van der Waals surface area (Å²) in [5.41, 5.74) is 0.627. The molecule has 0 saturated carbocycles. The molecule has 0 saturated heterocycles. The predicted octanol–water partition coefficient (Wildman–Crippen LogP) is 5.45. The Labute approximate surface area is 116 Å². The second kappa shape index (κ2) is 7.50. The van der Waals surface area contributed by atoms with Gasteiger partial charge in [-0.3, -0.25) is 0 Å². The molecule has 0 heterocycles. The van der Waals surface area contributed by atoms with E-state index in [-0.39, 0.29) is 18.2 Å². The van der Waals surface area contributed by atoms with Crippen LogP contribution in [-0.4, -0.2) is 12.8 Å². The molecular weight excluding hydrogens is 272 g/mol. The number of benzene rings is 1. The maximum absolute atomic E-state index is 13.7. The van der Waals surface area contributed by atoms with Crippen molar-refractivity contribution in [2.75, 3.05) is 6.61 Å². The third-order valence-corrected chi connectivity index (χ3v) is 2.97. The van der Waals surface area contributed by atoms with E-state index in [0.717, 1.165) is 0 Å². The lowest BCUT2D eigenvalue weighted by atomic mass is 10.0. The Morgan fingerprint density at radius 2 is 1.80 bits per heavy atom. The van der Waals surface area contributed by atoms with Gasteiger partial charge < -0.3 is 4.74 Å². The van der Waals surface area contributed by atoms with Gasteiger partial charge in [0, 0.05) is 12.5 Å². The molecule has 0 bridgehead atoms. The minimum atomic E-state index is -4.09. The Morgan fingerprint density at radius 1 is 1.10 bits per heavy atom. The highest BCUT2D eigenvalue weighted by atomic mass is 19.4. The number of alkyl halides is 3. The number of ether oxygens (including phenoxy) is 1. The summed E-state index contributed by atoms with van der Waals surface area (Å²) >= 11 is 0. The minimum Gasteiger partial charge on any atom is -0.493 e. The molecule has 0 amide bonds. The first-order valence-electron chi connectivity index (χ1n) is 6.78. The Hall–Kier alpha value is -1.26. The van der Waals surface area contributed by atoms with Crippen LogP contribution in [0.2, 0.25) is 0 Å². The Morgan fingerprint density at radius 3 is 2.35 bits per heavy atom. The quantitative estimate of drug-likeness (QED) is 0.479. The molecule has 1 nitrogen and oxygen atoms in total. The van der Waals surface area contributed by atoms with Crippen molar-refractivity contribution in [2.45, 2.75) is 51.6 Å². The van der Waals surface area contributed by atoms with Gasteiger partial charge in [-0.25, -0.2) is 4.39 Å². The summed E-state index contributed by atoms with van der Waals surface area (Å²) in [7, 11) is 0. The highest BCUT2D eigenvalue weighted by molar-refractivity contribution is 5.30. The molecule has 0 radical (unpaired) electrons. The highest BCUT2D eigenvalue weighted by Crippen LogP contribution is 2.24. The van der Waals surface area contributed by atoms with Gasteiger partial charge in [-0.2, -0.15) is 13.2 Å². The average Bonchev–Trinajstić information content (AvgIpc) is 2.32. The summed E-state index contributed by atoms with van der Waals surface area (Å²) in [4.78, 5) is 0. The number of hydrogen-bond acceptors (Lipinski definition) is 1. The number of unbranched alkanes of at least 4 members (excludes halogenated alkanes) is 2. The molecule has 0 N–H and O–H groups in total. The Bertz CT molecular complexity index is 413. The van der Waals surface area contributed by atoms with E-state index in [9.17, 15) is 17.6 Å². The molecule has 0 aliphatic carbocycles. The SMILES string of the molecule is CC(C)c1ccc(OCCCCCC(F)(F)F)cc1F. The van der Waals surface area contributed by atoms with Crippen molar-refractivity contribution < 1.29 is 22.3 Å². The third kappa shape index (κ3) is 6.26. The fraction of sp³-hybridized carbons (Fsp3) is 0.600. The lowest BCUT2D eigenvalue weighted by Crippen LogP contribution is -2.07. The van der Waals surface area contributed by atoms with Crippen LogP contribution in [0.1, 0.15) is 51.0 Å². The number of halogens is 4. The number of rotatable bonds is 7. The van der Waals surface area contributed by atoms with Crippen molar-refractivity contribution in [2.24, 2.45) is 0 Å². The first kappa shape index (κ1) is 16.8. The molecule has 1 aromatic carbocycles. The van der Waals surface area contributed by atoms with Gasteiger partial charge in [0.1, 0.15) is 11.6 Å². The summed E-state index contributed by atoms with van der Waals surface area (Å²) in [5.74, 6) is 0.212. The van der Waals surface area contributed by atoms with Gasteiger partial charge in [-0.1, -0.05) is 19.9 Å². The first-order chi connectivity index (χ1) is 9.29. The van der Waals surface area contributed by atoms with Crippen LogP contribution in [0, 0.1) is 5.82 Å². The molecular formula is C15H20F4O. The van der Waals surface area contributed by atoms with E-state index in [1.165, 1.54) is 6.07 Å². The maximum atomic E-state index is 13.7. The zero-order valence-corrected chi connectivity index (χ0v) is 11.8. The molecule has 0 spiro atoms. The molecule has 0 aliphatic rings. The van der Waals surface area contributed by atoms with Crippen LogP contribution in [0.4, 0.5) is 17.6 Å². The van der Waals surface area contributed by atoms with Crippen molar-refractivity contribution in [3.05, 3.63) is 29.6 Å². The van der Waals surface area contributed by atoms with Crippen molar-refractivity contribution in [1.82, 2.24) is 0 Å². The van der Waals surface area contributed by atoms with Gasteiger partial charge in [0.2, 0.25) is 0 Å². The Kier molecular flexibility index (Phi) is 6.30. The van der Waals surface area contributed by atoms with E-state index in [1.807, 2.05) is 13.8 Å². The molecule has 0 fully saturated rings. The molecule has 20 heavy (non-hydrogen) atoms.